The van der Waals surface area contributed by atoms with Gasteiger partial charge in [-0.25, -0.2) is 5.84 Å². The van der Waals surface area contributed by atoms with E-state index in [1.165, 1.54) is 5.56 Å². The van der Waals surface area contributed by atoms with Crippen LogP contribution in [0.4, 0.5) is 0 Å². The van der Waals surface area contributed by atoms with Crippen molar-refractivity contribution in [1.82, 2.24) is 5.43 Å². The second-order valence-electron chi connectivity index (χ2n) is 3.65. The lowest BCUT2D eigenvalue weighted by molar-refractivity contribution is -0.122. The topological polar surface area (TPSA) is 55.1 Å². The number of nitrogens with two attached hydrogens (primary N) is 1. The number of fused-ring (bicyclic) bond motifs is 1. The number of carbonyl (C=O) groups is 1. The summed E-state index contributed by atoms with van der Waals surface area (Å²) in [5, 5.41) is 0. The Hall–Kier alpha value is -1.35. The number of nitrogens with one attached hydrogen (secondary N) is 1. The van der Waals surface area contributed by atoms with E-state index in [1.807, 2.05) is 18.2 Å². The Morgan fingerprint density at radius 2 is 2.21 bits per heavy atom. The van der Waals surface area contributed by atoms with E-state index in [9.17, 15) is 4.79 Å². The predicted molar refractivity (Wildman–Crippen MR) is 54.5 cm³/mol. The zero-order valence-electron chi connectivity index (χ0n) is 7.99. The van der Waals surface area contributed by atoms with Crippen LogP contribution in [-0.4, -0.2) is 5.91 Å². The van der Waals surface area contributed by atoms with Crippen molar-refractivity contribution in [3.05, 3.63) is 35.4 Å². The van der Waals surface area contributed by atoms with Gasteiger partial charge in [-0.2, -0.15) is 0 Å². The van der Waals surface area contributed by atoms with Crippen LogP contribution in [-0.2, 0) is 11.2 Å². The summed E-state index contributed by atoms with van der Waals surface area (Å²) in [6.45, 7) is 0. The van der Waals surface area contributed by atoms with E-state index in [1.54, 1.807) is 0 Å². The van der Waals surface area contributed by atoms with E-state index in [-0.39, 0.29) is 11.8 Å². The van der Waals surface area contributed by atoms with E-state index in [0.717, 1.165) is 24.8 Å². The molecule has 0 radical (unpaired) electrons. The number of aryl methyl sites for hydroxylation is 1. The number of hydrogen-bond acceptors (Lipinski definition) is 2. The second-order valence-corrected chi connectivity index (χ2v) is 3.65. The maximum absolute atomic E-state index is 11.5. The van der Waals surface area contributed by atoms with Crippen molar-refractivity contribution in [3.8, 4) is 0 Å². The summed E-state index contributed by atoms with van der Waals surface area (Å²) in [5.74, 6) is 5.04. The summed E-state index contributed by atoms with van der Waals surface area (Å²) in [7, 11) is 0. The molecule has 1 amide bonds. The van der Waals surface area contributed by atoms with Crippen LogP contribution in [0.15, 0.2) is 24.3 Å². The van der Waals surface area contributed by atoms with E-state index < -0.39 is 0 Å². The van der Waals surface area contributed by atoms with Gasteiger partial charge in [0.2, 0.25) is 5.91 Å². The average molecular weight is 190 g/mol. The predicted octanol–water partition coefficient (Wildman–Crippen LogP) is 1.10. The SMILES string of the molecule is NNC(=O)C1CCCc2ccccc21. The molecule has 1 atom stereocenters. The van der Waals surface area contributed by atoms with Crippen LogP contribution in [0.2, 0.25) is 0 Å². The van der Waals surface area contributed by atoms with Gasteiger partial charge in [0.15, 0.2) is 0 Å². The van der Waals surface area contributed by atoms with E-state index in [0.29, 0.717) is 0 Å². The number of carbonyl (C=O) groups excluding carboxylic acids is 1. The smallest absolute Gasteiger partial charge is 0.241 e. The summed E-state index contributed by atoms with van der Waals surface area (Å²) < 4.78 is 0. The maximum atomic E-state index is 11.5. The molecule has 0 aromatic heterocycles. The molecule has 1 aromatic carbocycles. The normalized spacial score (nSPS) is 19.9. The number of hydrazine groups is 1. The Morgan fingerprint density at radius 1 is 1.43 bits per heavy atom. The molecule has 1 aromatic rings. The van der Waals surface area contributed by atoms with Gasteiger partial charge in [-0.05, 0) is 30.4 Å². The highest BCUT2D eigenvalue weighted by atomic mass is 16.2. The quantitative estimate of drug-likeness (QED) is 0.396. The molecule has 1 aliphatic carbocycles. The monoisotopic (exact) mass is 190 g/mol. The van der Waals surface area contributed by atoms with Crippen LogP contribution in [0.1, 0.15) is 29.9 Å². The number of amides is 1. The Labute approximate surface area is 83.3 Å². The van der Waals surface area contributed by atoms with Crippen molar-refractivity contribution < 1.29 is 4.79 Å². The van der Waals surface area contributed by atoms with Crippen molar-refractivity contribution in [2.75, 3.05) is 0 Å². The van der Waals surface area contributed by atoms with Crippen LogP contribution in [0.3, 0.4) is 0 Å². The van der Waals surface area contributed by atoms with Crippen molar-refractivity contribution in [2.45, 2.75) is 25.2 Å². The zero-order valence-corrected chi connectivity index (χ0v) is 7.99. The summed E-state index contributed by atoms with van der Waals surface area (Å²) >= 11 is 0. The molecule has 0 saturated carbocycles. The minimum atomic E-state index is -0.0721. The molecule has 1 aliphatic rings. The largest absolute Gasteiger partial charge is 0.294 e. The highest BCUT2D eigenvalue weighted by molar-refractivity contribution is 5.83. The third kappa shape index (κ3) is 1.51. The Kier molecular flexibility index (Phi) is 2.50. The fraction of sp³-hybridized carbons (Fsp3) is 0.364. The van der Waals surface area contributed by atoms with Crippen molar-refractivity contribution in [3.63, 3.8) is 0 Å². The van der Waals surface area contributed by atoms with E-state index in [4.69, 9.17) is 5.84 Å². The van der Waals surface area contributed by atoms with E-state index >= 15 is 0 Å². The Morgan fingerprint density at radius 3 is 3.00 bits per heavy atom. The van der Waals surface area contributed by atoms with Gasteiger partial charge in [0.1, 0.15) is 0 Å². The lowest BCUT2D eigenvalue weighted by Crippen LogP contribution is -2.36. The van der Waals surface area contributed by atoms with Crippen molar-refractivity contribution >= 4 is 5.91 Å². The standard InChI is InChI=1S/C11H14N2O/c12-13-11(14)10-7-3-5-8-4-1-2-6-9(8)10/h1-2,4,6,10H,3,5,7,12H2,(H,13,14). The number of hydrogen-bond donors (Lipinski definition) is 2. The fourth-order valence-corrected chi connectivity index (χ4v) is 2.13. The van der Waals surface area contributed by atoms with Crippen LogP contribution < -0.4 is 11.3 Å². The van der Waals surface area contributed by atoms with Gasteiger partial charge in [-0.15, -0.1) is 0 Å². The van der Waals surface area contributed by atoms with Gasteiger partial charge in [-0.3, -0.25) is 10.2 Å². The van der Waals surface area contributed by atoms with Crippen molar-refractivity contribution in [1.29, 1.82) is 0 Å². The minimum absolute atomic E-state index is 0.0510. The molecule has 0 aliphatic heterocycles. The third-order valence-electron chi connectivity index (χ3n) is 2.83. The third-order valence-corrected chi connectivity index (χ3v) is 2.83. The number of rotatable bonds is 1. The Bertz CT molecular complexity index is 349. The molecular formula is C11H14N2O. The summed E-state index contributed by atoms with van der Waals surface area (Å²) in [6.07, 6.45) is 3.04. The second kappa shape index (κ2) is 3.80. The van der Waals surface area contributed by atoms with Gasteiger partial charge >= 0.3 is 0 Å². The van der Waals surface area contributed by atoms with Gasteiger partial charge in [0, 0.05) is 0 Å². The Balaban J connectivity index is 2.35. The average Bonchev–Trinajstić information content (AvgIpc) is 2.27. The van der Waals surface area contributed by atoms with Crippen LogP contribution in [0, 0.1) is 0 Å². The molecule has 3 heteroatoms. The first kappa shape index (κ1) is 9.21. The summed E-state index contributed by atoms with van der Waals surface area (Å²) in [4.78, 5) is 11.5. The van der Waals surface area contributed by atoms with E-state index in [2.05, 4.69) is 11.5 Å². The first-order valence-corrected chi connectivity index (χ1v) is 4.91. The van der Waals surface area contributed by atoms with Gasteiger partial charge in [0.25, 0.3) is 0 Å². The highest BCUT2D eigenvalue weighted by Crippen LogP contribution is 2.31. The molecule has 0 spiro atoms. The molecule has 0 fully saturated rings. The molecule has 3 nitrogen and oxygen atoms in total. The van der Waals surface area contributed by atoms with Crippen molar-refractivity contribution in [2.24, 2.45) is 5.84 Å². The lowest BCUT2D eigenvalue weighted by Gasteiger charge is -2.23. The van der Waals surface area contributed by atoms with Crippen LogP contribution in [0.5, 0.6) is 0 Å². The van der Waals surface area contributed by atoms with Gasteiger partial charge in [-0.1, -0.05) is 24.3 Å². The van der Waals surface area contributed by atoms with Gasteiger partial charge in [0.05, 0.1) is 5.92 Å². The molecule has 0 bridgehead atoms. The van der Waals surface area contributed by atoms with Crippen LogP contribution in [0.25, 0.3) is 0 Å². The number of benzene rings is 1. The molecule has 0 saturated heterocycles. The molecular weight excluding hydrogens is 176 g/mol. The highest BCUT2D eigenvalue weighted by Gasteiger charge is 2.25. The molecule has 0 heterocycles. The lowest BCUT2D eigenvalue weighted by atomic mass is 9.82. The van der Waals surface area contributed by atoms with Gasteiger partial charge < -0.3 is 0 Å². The molecule has 14 heavy (non-hydrogen) atoms. The molecule has 1 unspecified atom stereocenters. The minimum Gasteiger partial charge on any atom is -0.294 e. The fourth-order valence-electron chi connectivity index (χ4n) is 2.13. The zero-order chi connectivity index (χ0) is 9.97. The molecule has 3 N–H and O–H groups in total. The summed E-state index contributed by atoms with van der Waals surface area (Å²) in [6, 6.07) is 8.10. The first-order valence-electron chi connectivity index (χ1n) is 4.91. The first-order chi connectivity index (χ1) is 6.83. The van der Waals surface area contributed by atoms with Crippen LogP contribution >= 0.6 is 0 Å². The molecule has 74 valence electrons. The maximum Gasteiger partial charge on any atom is 0.241 e. The molecule has 2 rings (SSSR count). The summed E-state index contributed by atoms with van der Waals surface area (Å²) in [5.41, 5.74) is 4.66.